The number of nitrogens with one attached hydrogen (secondary N) is 1. The van der Waals surface area contributed by atoms with Gasteiger partial charge in [0.25, 0.3) is 5.56 Å². The monoisotopic (exact) mass is 433 g/mol. The van der Waals surface area contributed by atoms with Crippen LogP contribution in [0.1, 0.15) is 6.92 Å². The number of amides is 1. The topological polar surface area (TPSA) is 82.4 Å². The van der Waals surface area contributed by atoms with E-state index in [2.05, 4.69) is 10.3 Å². The Kier molecular flexibility index (Phi) is 6.12. The molecule has 7 nitrogen and oxygen atoms in total. The first-order valence-electron chi connectivity index (χ1n) is 9.97. The summed E-state index contributed by atoms with van der Waals surface area (Å²) in [6, 6.07) is 17.9. The molecule has 0 atom stereocenters. The Balaban J connectivity index is 1.39. The zero-order valence-corrected chi connectivity index (χ0v) is 17.2. The van der Waals surface area contributed by atoms with E-state index in [4.69, 9.17) is 9.47 Å². The van der Waals surface area contributed by atoms with Crippen LogP contribution in [0, 0.1) is 5.82 Å². The fraction of sp³-hybridized carbons (Fsp3) is 0.125. The van der Waals surface area contributed by atoms with Crippen LogP contribution in [0.5, 0.6) is 17.2 Å². The van der Waals surface area contributed by atoms with Gasteiger partial charge in [-0.15, -0.1) is 0 Å². The van der Waals surface area contributed by atoms with E-state index in [0.29, 0.717) is 29.3 Å². The van der Waals surface area contributed by atoms with Gasteiger partial charge in [0.05, 0.1) is 23.8 Å². The number of carbonyl (C=O) groups excluding carboxylic acids is 1. The number of hydrogen-bond donors (Lipinski definition) is 1. The van der Waals surface area contributed by atoms with Crippen molar-refractivity contribution in [1.82, 2.24) is 9.55 Å². The van der Waals surface area contributed by atoms with Gasteiger partial charge < -0.3 is 14.8 Å². The summed E-state index contributed by atoms with van der Waals surface area (Å²) < 4.78 is 25.8. The summed E-state index contributed by atoms with van der Waals surface area (Å²) in [5.74, 6) is 1.08. The molecule has 3 aromatic carbocycles. The minimum Gasteiger partial charge on any atom is -0.494 e. The van der Waals surface area contributed by atoms with Crippen molar-refractivity contribution in [2.24, 2.45) is 0 Å². The Morgan fingerprint density at radius 1 is 1.00 bits per heavy atom. The Hall–Kier alpha value is -4.20. The van der Waals surface area contributed by atoms with E-state index in [1.807, 2.05) is 31.2 Å². The van der Waals surface area contributed by atoms with Crippen LogP contribution in [0.15, 0.2) is 77.9 Å². The highest BCUT2D eigenvalue weighted by atomic mass is 19.1. The summed E-state index contributed by atoms with van der Waals surface area (Å²) >= 11 is 0. The first kappa shape index (κ1) is 21.0. The molecule has 0 fully saturated rings. The third kappa shape index (κ3) is 4.92. The van der Waals surface area contributed by atoms with Crippen LogP contribution in [0.3, 0.4) is 0 Å². The SMILES string of the molecule is CCOc1ccc(Oc2ccc(NC(=O)Cn3cnc4ccc(F)cc4c3=O)cc2)cc1. The molecule has 4 aromatic rings. The highest BCUT2D eigenvalue weighted by Crippen LogP contribution is 2.25. The van der Waals surface area contributed by atoms with Crippen LogP contribution >= 0.6 is 0 Å². The van der Waals surface area contributed by atoms with Crippen molar-refractivity contribution < 1.29 is 18.7 Å². The van der Waals surface area contributed by atoms with E-state index < -0.39 is 17.3 Å². The minimum absolute atomic E-state index is 0.121. The van der Waals surface area contributed by atoms with Crippen molar-refractivity contribution in [3.63, 3.8) is 0 Å². The van der Waals surface area contributed by atoms with Crippen molar-refractivity contribution in [2.45, 2.75) is 13.5 Å². The molecular formula is C24H20FN3O4. The molecule has 8 heteroatoms. The van der Waals surface area contributed by atoms with Crippen LogP contribution in [0.2, 0.25) is 0 Å². The first-order chi connectivity index (χ1) is 15.5. The van der Waals surface area contributed by atoms with Gasteiger partial charge in [0, 0.05) is 5.69 Å². The number of ether oxygens (including phenoxy) is 2. The highest BCUT2D eigenvalue weighted by molar-refractivity contribution is 5.90. The first-order valence-corrected chi connectivity index (χ1v) is 9.97. The maximum Gasteiger partial charge on any atom is 0.261 e. The highest BCUT2D eigenvalue weighted by Gasteiger charge is 2.10. The van der Waals surface area contributed by atoms with Gasteiger partial charge in [-0.1, -0.05) is 0 Å². The normalized spacial score (nSPS) is 10.7. The second-order valence-corrected chi connectivity index (χ2v) is 6.92. The van der Waals surface area contributed by atoms with E-state index in [0.717, 1.165) is 16.4 Å². The predicted molar refractivity (Wildman–Crippen MR) is 119 cm³/mol. The lowest BCUT2D eigenvalue weighted by Gasteiger charge is -2.10. The van der Waals surface area contributed by atoms with Crippen molar-refractivity contribution in [3.8, 4) is 17.2 Å². The number of aromatic nitrogens is 2. The van der Waals surface area contributed by atoms with Crippen molar-refractivity contribution in [1.29, 1.82) is 0 Å². The number of anilines is 1. The van der Waals surface area contributed by atoms with Gasteiger partial charge in [-0.25, -0.2) is 9.37 Å². The van der Waals surface area contributed by atoms with Crippen LogP contribution in [0.25, 0.3) is 10.9 Å². The van der Waals surface area contributed by atoms with Crippen molar-refractivity contribution >= 4 is 22.5 Å². The average Bonchev–Trinajstić information content (AvgIpc) is 2.79. The molecule has 4 rings (SSSR count). The van der Waals surface area contributed by atoms with E-state index in [9.17, 15) is 14.0 Å². The van der Waals surface area contributed by atoms with Gasteiger partial charge in [0.2, 0.25) is 5.91 Å². The van der Waals surface area contributed by atoms with E-state index >= 15 is 0 Å². The third-order valence-corrected chi connectivity index (χ3v) is 4.61. The Morgan fingerprint density at radius 3 is 2.34 bits per heavy atom. The van der Waals surface area contributed by atoms with Crippen LogP contribution in [-0.2, 0) is 11.3 Å². The number of hydrogen-bond acceptors (Lipinski definition) is 5. The Bertz CT molecular complexity index is 1300. The van der Waals surface area contributed by atoms with E-state index in [1.165, 1.54) is 18.5 Å². The molecule has 0 bridgehead atoms. The number of fused-ring (bicyclic) bond motifs is 1. The smallest absolute Gasteiger partial charge is 0.261 e. The Morgan fingerprint density at radius 2 is 1.66 bits per heavy atom. The number of carbonyl (C=O) groups is 1. The molecule has 0 aliphatic carbocycles. The molecular weight excluding hydrogens is 413 g/mol. The molecule has 32 heavy (non-hydrogen) atoms. The third-order valence-electron chi connectivity index (χ3n) is 4.61. The quantitative estimate of drug-likeness (QED) is 0.468. The summed E-state index contributed by atoms with van der Waals surface area (Å²) in [5, 5.41) is 2.84. The second-order valence-electron chi connectivity index (χ2n) is 6.92. The van der Waals surface area contributed by atoms with Crippen molar-refractivity contribution in [3.05, 3.63) is 89.2 Å². The zero-order chi connectivity index (χ0) is 22.5. The lowest BCUT2D eigenvalue weighted by atomic mass is 10.2. The molecule has 0 radical (unpaired) electrons. The molecule has 0 saturated heterocycles. The fourth-order valence-electron chi connectivity index (χ4n) is 3.11. The van der Waals surface area contributed by atoms with Gasteiger partial charge in [0.1, 0.15) is 29.6 Å². The summed E-state index contributed by atoms with van der Waals surface area (Å²) in [5.41, 5.74) is 0.432. The maximum atomic E-state index is 13.4. The number of halogens is 1. The molecule has 162 valence electrons. The van der Waals surface area contributed by atoms with Crippen LogP contribution < -0.4 is 20.3 Å². The number of rotatable bonds is 7. The van der Waals surface area contributed by atoms with Gasteiger partial charge in [-0.05, 0) is 73.7 Å². The van der Waals surface area contributed by atoms with Gasteiger partial charge in [-0.2, -0.15) is 0 Å². The molecule has 1 N–H and O–H groups in total. The largest absolute Gasteiger partial charge is 0.494 e. The molecule has 1 amide bonds. The molecule has 0 aliphatic heterocycles. The van der Waals surface area contributed by atoms with Gasteiger partial charge in [0.15, 0.2) is 0 Å². The predicted octanol–water partition coefficient (Wildman–Crippen LogP) is 4.37. The van der Waals surface area contributed by atoms with Gasteiger partial charge >= 0.3 is 0 Å². The summed E-state index contributed by atoms with van der Waals surface area (Å²) in [4.78, 5) is 29.0. The van der Waals surface area contributed by atoms with Crippen molar-refractivity contribution in [2.75, 3.05) is 11.9 Å². The summed E-state index contributed by atoms with van der Waals surface area (Å²) in [6.45, 7) is 2.27. The summed E-state index contributed by atoms with van der Waals surface area (Å²) in [6.07, 6.45) is 1.27. The average molecular weight is 433 g/mol. The van der Waals surface area contributed by atoms with Gasteiger partial charge in [-0.3, -0.25) is 14.2 Å². The number of nitrogens with zero attached hydrogens (tertiary/aromatic N) is 2. The zero-order valence-electron chi connectivity index (χ0n) is 17.2. The lowest BCUT2D eigenvalue weighted by molar-refractivity contribution is -0.116. The molecule has 1 heterocycles. The second kappa shape index (κ2) is 9.30. The molecule has 0 saturated carbocycles. The van der Waals surface area contributed by atoms with E-state index in [-0.39, 0.29) is 11.9 Å². The maximum absolute atomic E-state index is 13.4. The lowest BCUT2D eigenvalue weighted by Crippen LogP contribution is -2.27. The fourth-order valence-corrected chi connectivity index (χ4v) is 3.11. The summed E-state index contributed by atoms with van der Waals surface area (Å²) in [7, 11) is 0. The molecule has 1 aromatic heterocycles. The standard InChI is InChI=1S/C24H20FN3O4/c1-2-31-18-8-10-20(11-9-18)32-19-6-4-17(5-7-19)27-23(29)14-28-15-26-22-12-3-16(25)13-21(22)24(28)30/h3-13,15H,2,14H2,1H3,(H,27,29). The van der Waals surface area contributed by atoms with Crippen LogP contribution in [-0.4, -0.2) is 22.1 Å². The van der Waals surface area contributed by atoms with Crippen LogP contribution in [0.4, 0.5) is 10.1 Å². The minimum atomic E-state index is -0.536. The van der Waals surface area contributed by atoms with E-state index in [1.54, 1.807) is 24.3 Å². The molecule has 0 unspecified atom stereocenters. The number of benzene rings is 3. The Labute approximate surface area is 183 Å². The molecule has 0 aliphatic rings. The molecule has 0 spiro atoms.